The molecule has 16 heavy (non-hydrogen) atoms. The maximum absolute atomic E-state index is 5.00. The van der Waals surface area contributed by atoms with Crippen LogP contribution in [0.2, 0.25) is 0 Å². The van der Waals surface area contributed by atoms with E-state index in [0.29, 0.717) is 0 Å². The third-order valence-electron chi connectivity index (χ3n) is 2.26. The van der Waals surface area contributed by atoms with Crippen LogP contribution in [0.1, 0.15) is 12.0 Å². The standard InChI is InChI=1S/C11H20N4O/c1-12-7-10-8-13-11(14-9-10)15(2)5-4-6-16-3/h8-9,12H,4-7H2,1-3H3. The molecule has 0 atom stereocenters. The Kier molecular flexibility index (Phi) is 5.74. The molecule has 5 heteroatoms. The van der Waals surface area contributed by atoms with Crippen LogP contribution in [0.25, 0.3) is 0 Å². The molecule has 0 saturated heterocycles. The van der Waals surface area contributed by atoms with E-state index >= 15 is 0 Å². The van der Waals surface area contributed by atoms with E-state index in [1.165, 1.54) is 0 Å². The van der Waals surface area contributed by atoms with Crippen molar-refractivity contribution in [2.24, 2.45) is 0 Å². The minimum atomic E-state index is 0.760. The molecule has 90 valence electrons. The summed E-state index contributed by atoms with van der Waals surface area (Å²) in [5.41, 5.74) is 1.09. The molecule has 0 bridgehead atoms. The number of ether oxygens (including phenoxy) is 1. The van der Waals surface area contributed by atoms with Gasteiger partial charge >= 0.3 is 0 Å². The zero-order valence-electron chi connectivity index (χ0n) is 10.2. The first-order chi connectivity index (χ1) is 7.77. The zero-order valence-corrected chi connectivity index (χ0v) is 10.2. The second-order valence-corrected chi connectivity index (χ2v) is 3.69. The predicted molar refractivity (Wildman–Crippen MR) is 64.6 cm³/mol. The van der Waals surface area contributed by atoms with Crippen molar-refractivity contribution < 1.29 is 4.74 Å². The van der Waals surface area contributed by atoms with Crippen molar-refractivity contribution in [3.63, 3.8) is 0 Å². The average Bonchev–Trinajstić information content (AvgIpc) is 2.30. The van der Waals surface area contributed by atoms with Gasteiger partial charge in [0.15, 0.2) is 0 Å². The molecule has 0 spiro atoms. The molecule has 0 radical (unpaired) electrons. The lowest BCUT2D eigenvalue weighted by Gasteiger charge is -2.16. The van der Waals surface area contributed by atoms with Crippen LogP contribution in [0.4, 0.5) is 5.95 Å². The molecule has 0 aliphatic rings. The lowest BCUT2D eigenvalue weighted by Crippen LogP contribution is -2.22. The molecular weight excluding hydrogens is 204 g/mol. The quantitative estimate of drug-likeness (QED) is 0.690. The van der Waals surface area contributed by atoms with Crippen LogP contribution >= 0.6 is 0 Å². The van der Waals surface area contributed by atoms with E-state index in [1.807, 2.05) is 31.4 Å². The fraction of sp³-hybridized carbons (Fsp3) is 0.636. The van der Waals surface area contributed by atoms with Crippen LogP contribution in [0.15, 0.2) is 12.4 Å². The summed E-state index contributed by atoms with van der Waals surface area (Å²) < 4.78 is 5.00. The Morgan fingerprint density at radius 2 is 2.06 bits per heavy atom. The van der Waals surface area contributed by atoms with Crippen molar-refractivity contribution in [3.05, 3.63) is 18.0 Å². The molecule has 1 N–H and O–H groups in total. The molecule has 1 heterocycles. The van der Waals surface area contributed by atoms with E-state index in [4.69, 9.17) is 4.74 Å². The molecule has 0 amide bonds. The number of nitrogens with one attached hydrogen (secondary N) is 1. The zero-order chi connectivity index (χ0) is 11.8. The molecule has 5 nitrogen and oxygen atoms in total. The lowest BCUT2D eigenvalue weighted by atomic mass is 10.3. The van der Waals surface area contributed by atoms with Gasteiger partial charge in [0.05, 0.1) is 0 Å². The van der Waals surface area contributed by atoms with Gasteiger partial charge in [-0.25, -0.2) is 9.97 Å². The van der Waals surface area contributed by atoms with E-state index in [0.717, 1.165) is 37.6 Å². The maximum atomic E-state index is 5.00. The topological polar surface area (TPSA) is 50.3 Å². The Balaban J connectivity index is 2.46. The van der Waals surface area contributed by atoms with Gasteiger partial charge in [-0.3, -0.25) is 0 Å². The molecule has 1 rings (SSSR count). The molecule has 0 saturated carbocycles. The number of nitrogens with zero attached hydrogens (tertiary/aromatic N) is 3. The normalized spacial score (nSPS) is 10.4. The first-order valence-corrected chi connectivity index (χ1v) is 5.43. The van der Waals surface area contributed by atoms with Crippen LogP contribution < -0.4 is 10.2 Å². The minimum Gasteiger partial charge on any atom is -0.385 e. The highest BCUT2D eigenvalue weighted by Crippen LogP contribution is 2.05. The van der Waals surface area contributed by atoms with Crippen molar-refractivity contribution in [1.29, 1.82) is 0 Å². The van der Waals surface area contributed by atoms with E-state index < -0.39 is 0 Å². The van der Waals surface area contributed by atoms with Crippen molar-refractivity contribution in [3.8, 4) is 0 Å². The van der Waals surface area contributed by atoms with Gasteiger partial charge in [0.2, 0.25) is 5.95 Å². The summed E-state index contributed by atoms with van der Waals surface area (Å²) in [5, 5.41) is 3.06. The lowest BCUT2D eigenvalue weighted by molar-refractivity contribution is 0.196. The Morgan fingerprint density at radius 1 is 1.38 bits per heavy atom. The van der Waals surface area contributed by atoms with Gasteiger partial charge in [0.25, 0.3) is 0 Å². The first kappa shape index (κ1) is 12.9. The molecule has 1 aromatic heterocycles. The number of hydrogen-bond donors (Lipinski definition) is 1. The Bertz CT molecular complexity index is 289. The third kappa shape index (κ3) is 4.12. The molecular formula is C11H20N4O. The first-order valence-electron chi connectivity index (χ1n) is 5.43. The fourth-order valence-corrected chi connectivity index (χ4v) is 1.39. The number of methoxy groups -OCH3 is 1. The van der Waals surface area contributed by atoms with Crippen molar-refractivity contribution in [2.75, 3.05) is 39.3 Å². The van der Waals surface area contributed by atoms with Gasteiger partial charge in [0, 0.05) is 51.8 Å². The predicted octanol–water partition coefficient (Wildman–Crippen LogP) is 0.669. The molecule has 0 fully saturated rings. The fourth-order valence-electron chi connectivity index (χ4n) is 1.39. The van der Waals surface area contributed by atoms with E-state index in [9.17, 15) is 0 Å². The Morgan fingerprint density at radius 3 is 2.62 bits per heavy atom. The summed E-state index contributed by atoms with van der Waals surface area (Å²) in [6.45, 7) is 2.47. The van der Waals surface area contributed by atoms with Gasteiger partial charge in [0.1, 0.15) is 0 Å². The summed E-state index contributed by atoms with van der Waals surface area (Å²) in [6.07, 6.45) is 4.69. The maximum Gasteiger partial charge on any atom is 0.224 e. The highest BCUT2D eigenvalue weighted by Gasteiger charge is 2.03. The molecule has 0 aliphatic heterocycles. The number of hydrogen-bond acceptors (Lipinski definition) is 5. The van der Waals surface area contributed by atoms with Gasteiger partial charge in [-0.15, -0.1) is 0 Å². The van der Waals surface area contributed by atoms with Crippen LogP contribution in [-0.2, 0) is 11.3 Å². The van der Waals surface area contributed by atoms with Crippen LogP contribution in [0, 0.1) is 0 Å². The van der Waals surface area contributed by atoms with E-state index in [2.05, 4.69) is 15.3 Å². The smallest absolute Gasteiger partial charge is 0.224 e. The van der Waals surface area contributed by atoms with Gasteiger partial charge in [-0.2, -0.15) is 0 Å². The Hall–Kier alpha value is -1.20. The largest absolute Gasteiger partial charge is 0.385 e. The molecule has 0 aromatic carbocycles. The molecule has 0 aliphatic carbocycles. The highest BCUT2D eigenvalue weighted by atomic mass is 16.5. The van der Waals surface area contributed by atoms with Crippen molar-refractivity contribution in [2.45, 2.75) is 13.0 Å². The second kappa shape index (κ2) is 7.14. The number of aromatic nitrogens is 2. The third-order valence-corrected chi connectivity index (χ3v) is 2.26. The van der Waals surface area contributed by atoms with Crippen molar-refractivity contribution in [1.82, 2.24) is 15.3 Å². The second-order valence-electron chi connectivity index (χ2n) is 3.69. The summed E-state index contributed by atoms with van der Waals surface area (Å²) in [7, 11) is 5.61. The monoisotopic (exact) mass is 224 g/mol. The molecule has 1 aromatic rings. The number of rotatable bonds is 7. The van der Waals surface area contributed by atoms with E-state index in [-0.39, 0.29) is 0 Å². The average molecular weight is 224 g/mol. The van der Waals surface area contributed by atoms with Crippen molar-refractivity contribution >= 4 is 5.95 Å². The van der Waals surface area contributed by atoms with E-state index in [1.54, 1.807) is 7.11 Å². The van der Waals surface area contributed by atoms with Crippen LogP contribution in [-0.4, -0.2) is 44.3 Å². The molecule has 0 unspecified atom stereocenters. The summed E-state index contributed by atoms with van der Waals surface area (Å²) >= 11 is 0. The summed E-state index contributed by atoms with van der Waals surface area (Å²) in [5.74, 6) is 0.760. The van der Waals surface area contributed by atoms with Gasteiger partial charge < -0.3 is 15.0 Å². The van der Waals surface area contributed by atoms with Gasteiger partial charge in [-0.1, -0.05) is 0 Å². The number of anilines is 1. The summed E-state index contributed by atoms with van der Waals surface area (Å²) in [6, 6.07) is 0. The van der Waals surface area contributed by atoms with Crippen LogP contribution in [0.5, 0.6) is 0 Å². The summed E-state index contributed by atoms with van der Waals surface area (Å²) in [4.78, 5) is 10.6. The Labute approximate surface area is 96.8 Å². The minimum absolute atomic E-state index is 0.760. The highest BCUT2D eigenvalue weighted by molar-refractivity contribution is 5.28. The SMILES string of the molecule is CNCc1cnc(N(C)CCCOC)nc1. The van der Waals surface area contributed by atoms with Crippen LogP contribution in [0.3, 0.4) is 0 Å². The van der Waals surface area contributed by atoms with Gasteiger partial charge in [-0.05, 0) is 13.5 Å².